The standard InChI is InChI=1S/C27H21N3/c1-30-27(25-17-9-15-23(19-25)21-12-6-3-7-13-21)28-26(29-30)24-16-8-14-22(18-24)20-10-4-2-5-11-20/h2-19H,1H3. The van der Waals surface area contributed by atoms with Crippen LogP contribution >= 0.6 is 0 Å². The van der Waals surface area contributed by atoms with Crippen molar-refractivity contribution in [3.05, 3.63) is 109 Å². The molecule has 0 amide bonds. The number of hydrogen-bond donors (Lipinski definition) is 0. The topological polar surface area (TPSA) is 30.7 Å². The summed E-state index contributed by atoms with van der Waals surface area (Å²) in [5, 5.41) is 4.70. The highest BCUT2D eigenvalue weighted by atomic mass is 15.3. The molecule has 1 aromatic heterocycles. The Bertz CT molecular complexity index is 1290. The Hall–Kier alpha value is -3.98. The summed E-state index contributed by atoms with van der Waals surface area (Å²) in [7, 11) is 1.95. The number of benzene rings is 4. The van der Waals surface area contributed by atoms with Gasteiger partial charge < -0.3 is 0 Å². The van der Waals surface area contributed by atoms with Crippen LogP contribution in [0.1, 0.15) is 0 Å². The molecular formula is C27H21N3. The summed E-state index contributed by atoms with van der Waals surface area (Å²) in [6.45, 7) is 0. The Kier molecular flexibility index (Phi) is 4.70. The fraction of sp³-hybridized carbons (Fsp3) is 0.0370. The molecule has 0 bridgehead atoms. The third-order valence-corrected chi connectivity index (χ3v) is 5.22. The lowest BCUT2D eigenvalue weighted by atomic mass is 10.0. The van der Waals surface area contributed by atoms with E-state index in [9.17, 15) is 0 Å². The number of aromatic nitrogens is 3. The lowest BCUT2D eigenvalue weighted by Gasteiger charge is -2.05. The van der Waals surface area contributed by atoms with Gasteiger partial charge in [-0.2, -0.15) is 5.10 Å². The van der Waals surface area contributed by atoms with Crippen molar-refractivity contribution in [2.75, 3.05) is 0 Å². The second kappa shape index (κ2) is 7.80. The van der Waals surface area contributed by atoms with Gasteiger partial charge in [-0.05, 0) is 34.4 Å². The first-order valence-corrected chi connectivity index (χ1v) is 10.0. The highest BCUT2D eigenvalue weighted by molar-refractivity contribution is 5.73. The molecule has 0 unspecified atom stereocenters. The molecule has 3 heteroatoms. The predicted octanol–water partition coefficient (Wildman–Crippen LogP) is 6.48. The molecule has 144 valence electrons. The quantitative estimate of drug-likeness (QED) is 0.353. The molecule has 0 radical (unpaired) electrons. The van der Waals surface area contributed by atoms with Gasteiger partial charge in [-0.3, -0.25) is 0 Å². The SMILES string of the molecule is Cn1nc(-c2cccc(-c3ccccc3)c2)nc1-c1cccc(-c2ccccc2)c1. The van der Waals surface area contributed by atoms with Crippen LogP contribution in [-0.4, -0.2) is 14.8 Å². The maximum absolute atomic E-state index is 4.87. The Morgan fingerprint density at radius 1 is 0.500 bits per heavy atom. The fourth-order valence-electron chi connectivity index (χ4n) is 3.70. The van der Waals surface area contributed by atoms with Crippen molar-refractivity contribution in [3.8, 4) is 45.0 Å². The van der Waals surface area contributed by atoms with Gasteiger partial charge in [-0.15, -0.1) is 0 Å². The van der Waals surface area contributed by atoms with Crippen LogP contribution in [-0.2, 0) is 7.05 Å². The van der Waals surface area contributed by atoms with Crippen LogP contribution in [0.3, 0.4) is 0 Å². The minimum Gasteiger partial charge on any atom is -0.248 e. The number of hydrogen-bond acceptors (Lipinski definition) is 2. The highest BCUT2D eigenvalue weighted by Crippen LogP contribution is 2.28. The largest absolute Gasteiger partial charge is 0.248 e. The zero-order chi connectivity index (χ0) is 20.3. The van der Waals surface area contributed by atoms with Gasteiger partial charge in [0.15, 0.2) is 11.6 Å². The molecule has 0 aliphatic carbocycles. The van der Waals surface area contributed by atoms with Gasteiger partial charge in [0.1, 0.15) is 0 Å². The summed E-state index contributed by atoms with van der Waals surface area (Å²) in [5.41, 5.74) is 6.77. The summed E-state index contributed by atoms with van der Waals surface area (Å²) < 4.78 is 1.86. The monoisotopic (exact) mass is 387 g/mol. The number of nitrogens with zero attached hydrogens (tertiary/aromatic N) is 3. The van der Waals surface area contributed by atoms with Crippen LogP contribution in [0.15, 0.2) is 109 Å². The van der Waals surface area contributed by atoms with Gasteiger partial charge >= 0.3 is 0 Å². The van der Waals surface area contributed by atoms with E-state index in [0.29, 0.717) is 0 Å². The van der Waals surface area contributed by atoms with E-state index in [4.69, 9.17) is 10.1 Å². The van der Waals surface area contributed by atoms with E-state index in [2.05, 4.69) is 97.1 Å². The zero-order valence-corrected chi connectivity index (χ0v) is 16.7. The molecule has 0 aliphatic heterocycles. The molecule has 0 fully saturated rings. The minimum absolute atomic E-state index is 0.732. The van der Waals surface area contributed by atoms with Gasteiger partial charge in [0, 0.05) is 18.2 Å². The number of rotatable bonds is 4. The Balaban J connectivity index is 1.52. The molecule has 0 aliphatic rings. The van der Waals surface area contributed by atoms with Crippen molar-refractivity contribution in [1.82, 2.24) is 14.8 Å². The van der Waals surface area contributed by atoms with Crippen molar-refractivity contribution < 1.29 is 0 Å². The van der Waals surface area contributed by atoms with E-state index in [1.165, 1.54) is 16.7 Å². The Morgan fingerprint density at radius 2 is 0.967 bits per heavy atom. The summed E-state index contributed by atoms with van der Waals surface area (Å²) >= 11 is 0. The normalized spacial score (nSPS) is 10.8. The molecule has 5 rings (SSSR count). The van der Waals surface area contributed by atoms with Crippen molar-refractivity contribution >= 4 is 0 Å². The van der Waals surface area contributed by atoms with Gasteiger partial charge in [-0.25, -0.2) is 9.67 Å². The fourth-order valence-corrected chi connectivity index (χ4v) is 3.70. The maximum Gasteiger partial charge on any atom is 0.181 e. The molecule has 30 heavy (non-hydrogen) atoms. The molecule has 0 atom stereocenters. The first-order valence-electron chi connectivity index (χ1n) is 10.0. The predicted molar refractivity (Wildman–Crippen MR) is 123 cm³/mol. The third-order valence-electron chi connectivity index (χ3n) is 5.22. The Labute approximate surface area is 176 Å². The van der Waals surface area contributed by atoms with Gasteiger partial charge in [-0.1, -0.05) is 97.1 Å². The van der Waals surface area contributed by atoms with E-state index in [0.717, 1.165) is 28.3 Å². The van der Waals surface area contributed by atoms with Crippen molar-refractivity contribution in [3.63, 3.8) is 0 Å². The van der Waals surface area contributed by atoms with Crippen LogP contribution in [0, 0.1) is 0 Å². The molecule has 0 N–H and O–H groups in total. The third kappa shape index (κ3) is 3.53. The second-order valence-corrected chi connectivity index (χ2v) is 7.28. The molecule has 0 saturated heterocycles. The van der Waals surface area contributed by atoms with Gasteiger partial charge in [0.2, 0.25) is 0 Å². The van der Waals surface area contributed by atoms with Gasteiger partial charge in [0.25, 0.3) is 0 Å². The minimum atomic E-state index is 0.732. The molecule has 5 aromatic rings. The zero-order valence-electron chi connectivity index (χ0n) is 16.7. The van der Waals surface area contributed by atoms with Gasteiger partial charge in [0.05, 0.1) is 0 Å². The second-order valence-electron chi connectivity index (χ2n) is 7.28. The van der Waals surface area contributed by atoms with Crippen LogP contribution in [0.4, 0.5) is 0 Å². The lowest BCUT2D eigenvalue weighted by molar-refractivity contribution is 0.777. The van der Waals surface area contributed by atoms with Crippen LogP contribution in [0.2, 0.25) is 0 Å². The molecule has 4 aromatic carbocycles. The first kappa shape index (κ1) is 18.1. The van der Waals surface area contributed by atoms with Crippen molar-refractivity contribution in [2.45, 2.75) is 0 Å². The Morgan fingerprint density at radius 3 is 1.57 bits per heavy atom. The van der Waals surface area contributed by atoms with Crippen LogP contribution in [0.25, 0.3) is 45.0 Å². The molecular weight excluding hydrogens is 366 g/mol. The van der Waals surface area contributed by atoms with Crippen LogP contribution < -0.4 is 0 Å². The van der Waals surface area contributed by atoms with E-state index < -0.39 is 0 Å². The van der Waals surface area contributed by atoms with E-state index in [1.54, 1.807) is 0 Å². The lowest BCUT2D eigenvalue weighted by Crippen LogP contribution is -1.94. The average Bonchev–Trinajstić information content (AvgIpc) is 3.22. The molecule has 0 spiro atoms. The summed E-state index contributed by atoms with van der Waals surface area (Å²) in [6.07, 6.45) is 0. The first-order chi connectivity index (χ1) is 14.8. The average molecular weight is 387 g/mol. The molecule has 3 nitrogen and oxygen atoms in total. The van der Waals surface area contributed by atoms with E-state index in [-0.39, 0.29) is 0 Å². The van der Waals surface area contributed by atoms with Crippen LogP contribution in [0.5, 0.6) is 0 Å². The summed E-state index contributed by atoms with van der Waals surface area (Å²) in [5.74, 6) is 1.59. The highest BCUT2D eigenvalue weighted by Gasteiger charge is 2.12. The maximum atomic E-state index is 4.87. The molecule has 0 saturated carbocycles. The van der Waals surface area contributed by atoms with E-state index >= 15 is 0 Å². The van der Waals surface area contributed by atoms with Crippen molar-refractivity contribution in [1.29, 1.82) is 0 Å². The summed E-state index contributed by atoms with van der Waals surface area (Å²) in [6, 6.07) is 37.6. The van der Waals surface area contributed by atoms with E-state index in [1.807, 2.05) is 23.9 Å². The van der Waals surface area contributed by atoms with Crippen molar-refractivity contribution in [2.24, 2.45) is 7.05 Å². The smallest absolute Gasteiger partial charge is 0.181 e. The molecule has 1 heterocycles. The summed E-state index contributed by atoms with van der Waals surface area (Å²) in [4.78, 5) is 4.87. The number of aryl methyl sites for hydroxylation is 1.